The second-order valence-corrected chi connectivity index (χ2v) is 7.69. The standard InChI is InChI=1S/C17H19F3N4O2S/c18-17(19,20)14-7-11(13-4-2-6-27-13)22-15-8-12(23-24(14)15)16(25)21-9-10-3-1-5-26-10/h2,4,6,8,10-11,14,22H,1,3,5,7,9H2,(H,21,25)/t10-,11+,14+/m0/s1. The summed E-state index contributed by atoms with van der Waals surface area (Å²) in [6, 6.07) is 2.74. The molecule has 4 heterocycles. The molecule has 0 bridgehead atoms. The Hall–Kier alpha value is -2.07. The summed E-state index contributed by atoms with van der Waals surface area (Å²) < 4.78 is 47.1. The van der Waals surface area contributed by atoms with Crippen molar-refractivity contribution in [2.45, 2.75) is 43.6 Å². The van der Waals surface area contributed by atoms with Crippen molar-refractivity contribution < 1.29 is 22.7 Å². The molecule has 0 aromatic carbocycles. The van der Waals surface area contributed by atoms with Crippen LogP contribution in [-0.2, 0) is 4.74 Å². The maximum Gasteiger partial charge on any atom is 0.410 e. The second-order valence-electron chi connectivity index (χ2n) is 6.71. The third-order valence-electron chi connectivity index (χ3n) is 4.82. The number of ether oxygens (including phenoxy) is 1. The van der Waals surface area contributed by atoms with E-state index >= 15 is 0 Å². The van der Waals surface area contributed by atoms with Crippen LogP contribution in [0.2, 0.25) is 0 Å². The van der Waals surface area contributed by atoms with Gasteiger partial charge in [-0.05, 0) is 24.3 Å². The van der Waals surface area contributed by atoms with E-state index in [4.69, 9.17) is 4.74 Å². The first-order valence-electron chi connectivity index (χ1n) is 8.78. The van der Waals surface area contributed by atoms with E-state index in [1.165, 1.54) is 17.4 Å². The van der Waals surface area contributed by atoms with Crippen LogP contribution >= 0.6 is 11.3 Å². The number of carbonyl (C=O) groups excluding carboxylic acids is 1. The van der Waals surface area contributed by atoms with Gasteiger partial charge in [0.1, 0.15) is 5.82 Å². The minimum absolute atomic E-state index is 0.0309. The van der Waals surface area contributed by atoms with Gasteiger partial charge in [-0.2, -0.15) is 18.3 Å². The predicted molar refractivity (Wildman–Crippen MR) is 93.9 cm³/mol. The maximum absolute atomic E-state index is 13.6. The molecule has 2 aromatic rings. The third-order valence-corrected chi connectivity index (χ3v) is 5.81. The lowest BCUT2D eigenvalue weighted by Crippen LogP contribution is -2.35. The highest BCUT2D eigenvalue weighted by Gasteiger charge is 2.47. The molecule has 27 heavy (non-hydrogen) atoms. The van der Waals surface area contributed by atoms with Crippen molar-refractivity contribution in [2.24, 2.45) is 0 Å². The van der Waals surface area contributed by atoms with Crippen molar-refractivity contribution in [3.63, 3.8) is 0 Å². The molecule has 0 unspecified atom stereocenters. The second kappa shape index (κ2) is 7.16. The van der Waals surface area contributed by atoms with Crippen molar-refractivity contribution in [1.29, 1.82) is 0 Å². The Labute approximate surface area is 157 Å². The first-order chi connectivity index (χ1) is 12.9. The summed E-state index contributed by atoms with van der Waals surface area (Å²) in [6.07, 6.45) is -2.87. The van der Waals surface area contributed by atoms with E-state index in [0.717, 1.165) is 22.4 Å². The van der Waals surface area contributed by atoms with Crippen LogP contribution in [0.4, 0.5) is 19.0 Å². The highest BCUT2D eigenvalue weighted by Crippen LogP contribution is 2.44. The van der Waals surface area contributed by atoms with Gasteiger partial charge in [0.2, 0.25) is 0 Å². The van der Waals surface area contributed by atoms with Crippen LogP contribution in [0.15, 0.2) is 23.6 Å². The summed E-state index contributed by atoms with van der Waals surface area (Å²) in [5, 5.41) is 11.5. The number of aromatic nitrogens is 2. The zero-order valence-electron chi connectivity index (χ0n) is 14.3. The highest BCUT2D eigenvalue weighted by molar-refractivity contribution is 7.10. The number of halogens is 3. The summed E-state index contributed by atoms with van der Waals surface area (Å²) in [6.45, 7) is 0.996. The molecule has 3 atom stereocenters. The fourth-order valence-electron chi connectivity index (χ4n) is 3.46. The summed E-state index contributed by atoms with van der Waals surface area (Å²) in [5.41, 5.74) is -0.0309. The number of alkyl halides is 3. The molecule has 6 nitrogen and oxygen atoms in total. The Balaban J connectivity index is 1.55. The monoisotopic (exact) mass is 400 g/mol. The summed E-state index contributed by atoms with van der Waals surface area (Å²) in [7, 11) is 0. The number of rotatable bonds is 4. The van der Waals surface area contributed by atoms with Gasteiger partial charge in [-0.3, -0.25) is 4.79 Å². The van der Waals surface area contributed by atoms with Crippen molar-refractivity contribution in [3.8, 4) is 0 Å². The van der Waals surface area contributed by atoms with Crippen LogP contribution in [0.5, 0.6) is 0 Å². The van der Waals surface area contributed by atoms with Gasteiger partial charge in [0.05, 0.1) is 12.1 Å². The minimum atomic E-state index is -4.45. The van der Waals surface area contributed by atoms with Gasteiger partial charge in [0, 0.05) is 30.5 Å². The van der Waals surface area contributed by atoms with Gasteiger partial charge in [0.15, 0.2) is 11.7 Å². The zero-order chi connectivity index (χ0) is 19.0. The van der Waals surface area contributed by atoms with Crippen LogP contribution in [0.1, 0.15) is 46.7 Å². The minimum Gasteiger partial charge on any atom is -0.376 e. The molecule has 10 heteroatoms. The van der Waals surface area contributed by atoms with Crippen molar-refractivity contribution in [1.82, 2.24) is 15.1 Å². The van der Waals surface area contributed by atoms with Crippen LogP contribution in [0.25, 0.3) is 0 Å². The fourth-order valence-corrected chi connectivity index (χ4v) is 4.25. The Morgan fingerprint density at radius 1 is 1.48 bits per heavy atom. The molecule has 1 saturated heterocycles. The maximum atomic E-state index is 13.6. The van der Waals surface area contributed by atoms with Crippen molar-refractivity contribution in [3.05, 3.63) is 34.2 Å². The lowest BCUT2D eigenvalue weighted by Gasteiger charge is -2.32. The van der Waals surface area contributed by atoms with Crippen LogP contribution < -0.4 is 10.6 Å². The molecule has 2 aromatic heterocycles. The molecule has 1 fully saturated rings. The van der Waals surface area contributed by atoms with Gasteiger partial charge in [-0.25, -0.2) is 4.68 Å². The van der Waals surface area contributed by atoms with E-state index in [-0.39, 0.29) is 24.0 Å². The number of carbonyl (C=O) groups is 1. The van der Waals surface area contributed by atoms with Crippen LogP contribution in [0.3, 0.4) is 0 Å². The lowest BCUT2D eigenvalue weighted by molar-refractivity contribution is -0.173. The normalized spacial score (nSPS) is 25.1. The number of nitrogens with one attached hydrogen (secondary N) is 2. The topological polar surface area (TPSA) is 68.2 Å². The fraction of sp³-hybridized carbons (Fsp3) is 0.529. The van der Waals surface area contributed by atoms with Crippen LogP contribution in [-0.4, -0.2) is 41.1 Å². The largest absolute Gasteiger partial charge is 0.410 e. The number of thiophene rings is 1. The lowest BCUT2D eigenvalue weighted by atomic mass is 10.0. The molecule has 2 N–H and O–H groups in total. The predicted octanol–water partition coefficient (Wildman–Crippen LogP) is 3.51. The highest BCUT2D eigenvalue weighted by atomic mass is 32.1. The Morgan fingerprint density at radius 2 is 2.33 bits per heavy atom. The van der Waals surface area contributed by atoms with Gasteiger partial charge >= 0.3 is 6.18 Å². The Kier molecular flexibility index (Phi) is 4.85. The molecular formula is C17H19F3N4O2S. The number of nitrogens with zero attached hydrogens (tertiary/aromatic N) is 2. The number of fused-ring (bicyclic) bond motifs is 1. The van der Waals surface area contributed by atoms with Gasteiger partial charge < -0.3 is 15.4 Å². The number of hydrogen-bond acceptors (Lipinski definition) is 5. The third kappa shape index (κ3) is 3.81. The van der Waals surface area contributed by atoms with Gasteiger partial charge in [0.25, 0.3) is 5.91 Å². The zero-order valence-corrected chi connectivity index (χ0v) is 15.1. The average molecular weight is 400 g/mol. The van der Waals surface area contributed by atoms with Gasteiger partial charge in [-0.1, -0.05) is 6.07 Å². The summed E-state index contributed by atoms with van der Waals surface area (Å²) >= 11 is 1.40. The van der Waals surface area contributed by atoms with E-state index in [1.54, 1.807) is 12.1 Å². The van der Waals surface area contributed by atoms with Crippen molar-refractivity contribution >= 4 is 23.1 Å². The number of amides is 1. The van der Waals surface area contributed by atoms with E-state index in [1.807, 2.05) is 5.38 Å². The molecule has 4 rings (SSSR count). The Morgan fingerprint density at radius 3 is 3.00 bits per heavy atom. The molecule has 0 saturated carbocycles. The quantitative estimate of drug-likeness (QED) is 0.824. The first kappa shape index (κ1) is 18.3. The Bertz CT molecular complexity index is 800. The van der Waals surface area contributed by atoms with E-state index < -0.39 is 24.2 Å². The SMILES string of the molecule is O=C(NC[C@@H]1CCCO1)c1cc2n(n1)[C@@H](C(F)(F)F)C[C@H](c1cccs1)N2. The number of hydrogen-bond donors (Lipinski definition) is 2. The molecular weight excluding hydrogens is 381 g/mol. The smallest absolute Gasteiger partial charge is 0.376 e. The molecule has 1 amide bonds. The van der Waals surface area contributed by atoms with Gasteiger partial charge in [-0.15, -0.1) is 11.3 Å². The number of anilines is 1. The van der Waals surface area contributed by atoms with E-state index in [9.17, 15) is 18.0 Å². The molecule has 2 aliphatic heterocycles. The van der Waals surface area contributed by atoms with Crippen LogP contribution in [0, 0.1) is 0 Å². The van der Waals surface area contributed by atoms with E-state index in [2.05, 4.69) is 15.7 Å². The molecule has 0 aliphatic carbocycles. The molecule has 0 radical (unpaired) electrons. The van der Waals surface area contributed by atoms with E-state index in [0.29, 0.717) is 13.2 Å². The molecule has 146 valence electrons. The van der Waals surface area contributed by atoms with Crippen molar-refractivity contribution in [2.75, 3.05) is 18.5 Å². The molecule has 0 spiro atoms. The summed E-state index contributed by atoms with van der Waals surface area (Å²) in [5.74, 6) is -0.299. The first-order valence-corrected chi connectivity index (χ1v) is 9.66. The molecule has 2 aliphatic rings. The summed E-state index contributed by atoms with van der Waals surface area (Å²) in [4.78, 5) is 13.2. The average Bonchev–Trinajstić information content (AvgIpc) is 3.38.